The molecule has 0 radical (unpaired) electrons. The van der Waals surface area contributed by atoms with E-state index in [4.69, 9.17) is 0 Å². The summed E-state index contributed by atoms with van der Waals surface area (Å²) in [6.45, 7) is 5.40. The number of amides is 1. The number of carbonyl (C=O) groups excluding carboxylic acids is 1. The highest BCUT2D eigenvalue weighted by Crippen LogP contribution is 2.20. The third-order valence-corrected chi connectivity index (χ3v) is 5.15. The van der Waals surface area contributed by atoms with Gasteiger partial charge < -0.3 is 20.4 Å². The van der Waals surface area contributed by atoms with E-state index in [2.05, 4.69) is 32.5 Å². The lowest BCUT2D eigenvalue weighted by Crippen LogP contribution is -2.48. The third-order valence-electron chi connectivity index (χ3n) is 5.15. The second-order valence-corrected chi connectivity index (χ2v) is 7.01. The van der Waals surface area contributed by atoms with Crippen molar-refractivity contribution in [2.75, 3.05) is 53.9 Å². The van der Waals surface area contributed by atoms with Crippen molar-refractivity contribution in [1.82, 2.24) is 20.4 Å². The summed E-state index contributed by atoms with van der Waals surface area (Å²) in [4.78, 5) is 20.7. The minimum Gasteiger partial charge on any atom is -0.359 e. The van der Waals surface area contributed by atoms with Crippen molar-refractivity contribution >= 4 is 35.8 Å². The van der Waals surface area contributed by atoms with Crippen LogP contribution in [0.2, 0.25) is 0 Å². The van der Waals surface area contributed by atoms with E-state index in [9.17, 15) is 4.79 Å². The van der Waals surface area contributed by atoms with E-state index < -0.39 is 0 Å². The van der Waals surface area contributed by atoms with E-state index >= 15 is 0 Å². The maximum absolute atomic E-state index is 11.5. The largest absolute Gasteiger partial charge is 0.359 e. The van der Waals surface area contributed by atoms with Gasteiger partial charge in [0.05, 0.1) is 0 Å². The highest BCUT2D eigenvalue weighted by atomic mass is 127. The minimum absolute atomic E-state index is 0. The lowest BCUT2D eigenvalue weighted by Gasteiger charge is -2.35. The molecule has 0 saturated carbocycles. The Morgan fingerprint density at radius 1 is 1.17 bits per heavy atom. The standard InChI is InChI=1S/C17H33N5O.HI/c1-18-16(23)11-14-6-9-22(10-7-14)17(19-2)20-12-15-5-4-8-21(3)13-15;/h14-15H,4-13H2,1-3H3,(H,18,23)(H,19,20);1H. The number of nitrogens with zero attached hydrogens (tertiary/aromatic N) is 3. The Kier molecular flexibility index (Phi) is 9.95. The van der Waals surface area contributed by atoms with Crippen LogP contribution in [-0.4, -0.2) is 75.5 Å². The molecule has 1 amide bonds. The van der Waals surface area contributed by atoms with E-state index in [0.717, 1.165) is 44.4 Å². The molecular weight excluding hydrogens is 417 g/mol. The smallest absolute Gasteiger partial charge is 0.220 e. The number of hydrogen-bond acceptors (Lipinski definition) is 3. The summed E-state index contributed by atoms with van der Waals surface area (Å²) in [6, 6.07) is 0. The normalized spacial score (nSPS) is 23.5. The molecule has 6 nitrogen and oxygen atoms in total. The molecular formula is C17H34IN5O. The molecule has 24 heavy (non-hydrogen) atoms. The van der Waals surface area contributed by atoms with Gasteiger partial charge in [0.1, 0.15) is 0 Å². The maximum atomic E-state index is 11.5. The molecule has 0 aromatic heterocycles. The van der Waals surface area contributed by atoms with Crippen molar-refractivity contribution in [3.63, 3.8) is 0 Å². The molecule has 0 aromatic carbocycles. The van der Waals surface area contributed by atoms with E-state index in [1.165, 1.54) is 25.9 Å². The highest BCUT2D eigenvalue weighted by Gasteiger charge is 2.24. The van der Waals surface area contributed by atoms with Gasteiger partial charge in [-0.25, -0.2) is 0 Å². The number of carbonyl (C=O) groups is 1. The first-order valence-corrected chi connectivity index (χ1v) is 8.97. The van der Waals surface area contributed by atoms with Gasteiger partial charge in [0.15, 0.2) is 5.96 Å². The van der Waals surface area contributed by atoms with Crippen LogP contribution in [-0.2, 0) is 4.79 Å². The topological polar surface area (TPSA) is 60.0 Å². The Bertz CT molecular complexity index is 410. The maximum Gasteiger partial charge on any atom is 0.220 e. The van der Waals surface area contributed by atoms with Crippen LogP contribution in [0.3, 0.4) is 0 Å². The zero-order valence-corrected chi connectivity index (χ0v) is 17.7. The number of likely N-dealkylation sites (tertiary alicyclic amines) is 2. The number of halogens is 1. The molecule has 0 spiro atoms. The second-order valence-electron chi connectivity index (χ2n) is 7.01. The van der Waals surface area contributed by atoms with Crippen LogP contribution in [0.15, 0.2) is 4.99 Å². The number of guanidine groups is 1. The predicted octanol–water partition coefficient (Wildman–Crippen LogP) is 1.37. The van der Waals surface area contributed by atoms with Crippen molar-refractivity contribution in [2.24, 2.45) is 16.8 Å². The molecule has 0 bridgehead atoms. The van der Waals surface area contributed by atoms with Crippen LogP contribution in [0.1, 0.15) is 32.1 Å². The van der Waals surface area contributed by atoms with Gasteiger partial charge in [0.25, 0.3) is 0 Å². The molecule has 2 fully saturated rings. The van der Waals surface area contributed by atoms with Gasteiger partial charge in [-0.1, -0.05) is 0 Å². The number of nitrogens with one attached hydrogen (secondary N) is 2. The van der Waals surface area contributed by atoms with Crippen molar-refractivity contribution in [3.8, 4) is 0 Å². The molecule has 2 aliphatic heterocycles. The molecule has 2 rings (SSSR count). The molecule has 0 aliphatic carbocycles. The monoisotopic (exact) mass is 451 g/mol. The zero-order chi connectivity index (χ0) is 16.7. The molecule has 2 N–H and O–H groups in total. The summed E-state index contributed by atoms with van der Waals surface area (Å²) >= 11 is 0. The first-order chi connectivity index (χ1) is 11.1. The van der Waals surface area contributed by atoms with Gasteiger partial charge in [0, 0.05) is 46.7 Å². The Morgan fingerprint density at radius 2 is 1.88 bits per heavy atom. The summed E-state index contributed by atoms with van der Waals surface area (Å²) in [5.41, 5.74) is 0. The minimum atomic E-state index is 0. The van der Waals surface area contributed by atoms with E-state index in [1.54, 1.807) is 7.05 Å². The van der Waals surface area contributed by atoms with Crippen LogP contribution in [0.5, 0.6) is 0 Å². The SMILES string of the molecule is CN=C(NCC1CCCN(C)C1)N1CCC(CC(=O)NC)CC1.I. The average Bonchev–Trinajstić information content (AvgIpc) is 2.56. The molecule has 1 unspecified atom stereocenters. The average molecular weight is 451 g/mol. The predicted molar refractivity (Wildman–Crippen MR) is 110 cm³/mol. The van der Waals surface area contributed by atoms with Gasteiger partial charge in [-0.05, 0) is 51.1 Å². The zero-order valence-electron chi connectivity index (χ0n) is 15.4. The lowest BCUT2D eigenvalue weighted by molar-refractivity contribution is -0.121. The Hall–Kier alpha value is -0.570. The molecule has 0 aromatic rings. The first-order valence-electron chi connectivity index (χ1n) is 8.97. The fourth-order valence-electron chi connectivity index (χ4n) is 3.72. The Morgan fingerprint density at radius 3 is 2.46 bits per heavy atom. The van der Waals surface area contributed by atoms with E-state index in [0.29, 0.717) is 12.3 Å². The summed E-state index contributed by atoms with van der Waals surface area (Å²) in [5.74, 6) is 2.41. The molecule has 7 heteroatoms. The van der Waals surface area contributed by atoms with Crippen molar-refractivity contribution in [2.45, 2.75) is 32.1 Å². The highest BCUT2D eigenvalue weighted by molar-refractivity contribution is 14.0. The second kappa shape index (κ2) is 11.1. The van der Waals surface area contributed by atoms with Gasteiger partial charge >= 0.3 is 0 Å². The molecule has 2 aliphatic rings. The van der Waals surface area contributed by atoms with Gasteiger partial charge in [0.2, 0.25) is 5.91 Å². The molecule has 1 atom stereocenters. The fraction of sp³-hybridized carbons (Fsp3) is 0.882. The number of aliphatic imine (C=N–C) groups is 1. The number of rotatable bonds is 4. The summed E-state index contributed by atoms with van der Waals surface area (Å²) in [5, 5.41) is 6.29. The number of hydrogen-bond donors (Lipinski definition) is 2. The quantitative estimate of drug-likeness (QED) is 0.385. The lowest BCUT2D eigenvalue weighted by atomic mass is 9.93. The van der Waals surface area contributed by atoms with Crippen LogP contribution in [0.25, 0.3) is 0 Å². The van der Waals surface area contributed by atoms with Crippen molar-refractivity contribution in [3.05, 3.63) is 0 Å². The van der Waals surface area contributed by atoms with Gasteiger partial charge in [-0.15, -0.1) is 24.0 Å². The van der Waals surface area contributed by atoms with Gasteiger partial charge in [-0.3, -0.25) is 9.79 Å². The fourth-order valence-corrected chi connectivity index (χ4v) is 3.72. The van der Waals surface area contributed by atoms with Crippen LogP contribution >= 0.6 is 24.0 Å². The van der Waals surface area contributed by atoms with Crippen LogP contribution < -0.4 is 10.6 Å². The molecule has 2 heterocycles. The molecule has 140 valence electrons. The third kappa shape index (κ3) is 6.74. The van der Waals surface area contributed by atoms with Crippen molar-refractivity contribution < 1.29 is 4.79 Å². The Labute approximate surface area is 163 Å². The van der Waals surface area contributed by atoms with E-state index in [1.807, 2.05) is 7.05 Å². The Balaban J connectivity index is 0.00000288. The van der Waals surface area contributed by atoms with Crippen molar-refractivity contribution in [1.29, 1.82) is 0 Å². The summed E-state index contributed by atoms with van der Waals surface area (Å²) in [6.07, 6.45) is 5.40. The van der Waals surface area contributed by atoms with E-state index in [-0.39, 0.29) is 29.9 Å². The molecule has 2 saturated heterocycles. The summed E-state index contributed by atoms with van der Waals surface area (Å²) < 4.78 is 0. The van der Waals surface area contributed by atoms with Crippen LogP contribution in [0, 0.1) is 11.8 Å². The number of piperidine rings is 2. The van der Waals surface area contributed by atoms with Gasteiger partial charge in [-0.2, -0.15) is 0 Å². The summed E-state index contributed by atoms with van der Waals surface area (Å²) in [7, 11) is 5.79. The first kappa shape index (κ1) is 21.5. The van der Waals surface area contributed by atoms with Crippen LogP contribution in [0.4, 0.5) is 0 Å².